The number of carbonyl (C=O) groups excluding carboxylic acids is 3. The molecule has 0 aliphatic rings. The van der Waals surface area contributed by atoms with Crippen molar-refractivity contribution < 1.29 is 29.4 Å². The van der Waals surface area contributed by atoms with Crippen molar-refractivity contribution in [1.82, 2.24) is 16.0 Å². The van der Waals surface area contributed by atoms with Gasteiger partial charge in [0.15, 0.2) is 6.04 Å². The number of aliphatic hydroxyl groups excluding tert-OH is 1. The average molecular weight is 474 g/mol. The molecule has 0 aromatic heterocycles. The van der Waals surface area contributed by atoms with Gasteiger partial charge in [-0.2, -0.15) is 0 Å². The summed E-state index contributed by atoms with van der Waals surface area (Å²) in [6.45, 7) is 9.01. The maximum atomic E-state index is 13.1. The Morgan fingerprint density at radius 3 is 1.82 bits per heavy atom. The summed E-state index contributed by atoms with van der Waals surface area (Å²) in [5.41, 5.74) is 11.5. The van der Waals surface area contributed by atoms with Gasteiger partial charge in [-0.3, -0.25) is 14.4 Å². The number of nitrogens with two attached hydrogens (primary N) is 2. The van der Waals surface area contributed by atoms with Crippen molar-refractivity contribution in [2.75, 3.05) is 6.54 Å². The summed E-state index contributed by atoms with van der Waals surface area (Å²) < 4.78 is 0. The number of carboxylic acid groups (broad SMARTS) is 1. The molecule has 33 heavy (non-hydrogen) atoms. The summed E-state index contributed by atoms with van der Waals surface area (Å²) >= 11 is 0. The van der Waals surface area contributed by atoms with Crippen LogP contribution in [0, 0.1) is 11.8 Å². The van der Waals surface area contributed by atoms with Crippen molar-refractivity contribution in [2.24, 2.45) is 23.3 Å². The predicted octanol–water partition coefficient (Wildman–Crippen LogP) is -0.545. The van der Waals surface area contributed by atoms with Crippen LogP contribution in [0.4, 0.5) is 0 Å². The molecular weight excluding hydrogens is 430 g/mol. The van der Waals surface area contributed by atoms with E-state index in [0.717, 1.165) is 0 Å². The van der Waals surface area contributed by atoms with Gasteiger partial charge in [-0.15, -0.1) is 0 Å². The standard InChI is InChI=1S/C22H43N5O6/c1-6-12(3)16(24)20(30)25-15(10-8-9-11-23)19(29)26-17(13(4)7-2)21(31)27-18(14(5)28)22(32)33/h12-18,28H,6-11,23-24H2,1-5H3,(H,25,30)(H,26,29)(H,27,31)(H,32,33). The molecule has 7 atom stereocenters. The third kappa shape index (κ3) is 10.5. The first-order valence-corrected chi connectivity index (χ1v) is 11.7. The molecule has 0 aromatic rings. The van der Waals surface area contributed by atoms with Crippen LogP contribution in [-0.2, 0) is 19.2 Å². The first-order valence-electron chi connectivity index (χ1n) is 11.7. The minimum atomic E-state index is -1.52. The summed E-state index contributed by atoms with van der Waals surface area (Å²) in [6.07, 6.45) is 1.43. The number of unbranched alkanes of at least 4 members (excludes halogenated alkanes) is 1. The lowest BCUT2D eigenvalue weighted by Gasteiger charge is -2.29. The first kappa shape index (κ1) is 30.8. The van der Waals surface area contributed by atoms with Gasteiger partial charge < -0.3 is 37.6 Å². The predicted molar refractivity (Wildman–Crippen MR) is 125 cm³/mol. The maximum absolute atomic E-state index is 13.1. The fourth-order valence-corrected chi connectivity index (χ4v) is 3.13. The zero-order valence-corrected chi connectivity index (χ0v) is 20.5. The number of carbonyl (C=O) groups is 4. The van der Waals surface area contributed by atoms with Gasteiger partial charge in [0, 0.05) is 0 Å². The number of aliphatic hydroxyl groups is 1. The van der Waals surface area contributed by atoms with Gasteiger partial charge in [0.2, 0.25) is 17.7 Å². The van der Waals surface area contributed by atoms with Gasteiger partial charge in [0.05, 0.1) is 12.1 Å². The molecule has 0 heterocycles. The van der Waals surface area contributed by atoms with Crippen LogP contribution in [0.1, 0.15) is 66.7 Å². The minimum Gasteiger partial charge on any atom is -0.480 e. The molecule has 0 saturated heterocycles. The molecule has 11 heteroatoms. The number of amides is 3. The number of aliphatic carboxylic acids is 1. The molecule has 0 aliphatic heterocycles. The van der Waals surface area contributed by atoms with Crippen molar-refractivity contribution in [1.29, 1.82) is 0 Å². The Morgan fingerprint density at radius 2 is 1.36 bits per heavy atom. The molecule has 0 spiro atoms. The quantitative estimate of drug-likeness (QED) is 0.145. The highest BCUT2D eigenvalue weighted by molar-refractivity contribution is 5.94. The molecule has 0 rings (SSSR count). The first-order chi connectivity index (χ1) is 15.4. The fraction of sp³-hybridized carbons (Fsp3) is 0.818. The molecular formula is C22H43N5O6. The van der Waals surface area contributed by atoms with E-state index in [1.807, 2.05) is 20.8 Å². The highest BCUT2D eigenvalue weighted by Gasteiger charge is 2.34. The van der Waals surface area contributed by atoms with E-state index in [9.17, 15) is 29.4 Å². The molecule has 192 valence electrons. The third-order valence-corrected chi connectivity index (χ3v) is 5.98. The summed E-state index contributed by atoms with van der Waals surface area (Å²) in [4.78, 5) is 49.8. The van der Waals surface area contributed by atoms with E-state index >= 15 is 0 Å². The molecule has 0 bridgehead atoms. The molecule has 11 nitrogen and oxygen atoms in total. The largest absolute Gasteiger partial charge is 0.480 e. The second-order valence-corrected chi connectivity index (χ2v) is 8.69. The van der Waals surface area contributed by atoms with E-state index in [2.05, 4.69) is 16.0 Å². The zero-order chi connectivity index (χ0) is 25.7. The summed E-state index contributed by atoms with van der Waals surface area (Å²) in [5, 5.41) is 26.5. The van der Waals surface area contributed by atoms with Crippen LogP contribution in [0.15, 0.2) is 0 Å². The molecule has 0 fully saturated rings. The van der Waals surface area contributed by atoms with Crippen LogP contribution in [0.2, 0.25) is 0 Å². The normalized spacial score (nSPS) is 17.6. The highest BCUT2D eigenvalue weighted by atomic mass is 16.4. The van der Waals surface area contributed by atoms with Crippen molar-refractivity contribution >= 4 is 23.7 Å². The Labute approximate surface area is 196 Å². The van der Waals surface area contributed by atoms with Crippen LogP contribution in [0.25, 0.3) is 0 Å². The van der Waals surface area contributed by atoms with Crippen LogP contribution >= 0.6 is 0 Å². The summed E-state index contributed by atoms with van der Waals surface area (Å²) in [6, 6.07) is -4.28. The number of hydrogen-bond donors (Lipinski definition) is 7. The smallest absolute Gasteiger partial charge is 0.328 e. The topological polar surface area (TPSA) is 197 Å². The lowest BCUT2D eigenvalue weighted by Crippen LogP contribution is -2.60. The van der Waals surface area contributed by atoms with Crippen LogP contribution in [0.5, 0.6) is 0 Å². The highest BCUT2D eigenvalue weighted by Crippen LogP contribution is 2.12. The second-order valence-electron chi connectivity index (χ2n) is 8.69. The van der Waals surface area contributed by atoms with Crippen LogP contribution in [0.3, 0.4) is 0 Å². The number of carboxylic acids is 1. The van der Waals surface area contributed by atoms with Crippen molar-refractivity contribution in [3.8, 4) is 0 Å². The van der Waals surface area contributed by atoms with Gasteiger partial charge in [-0.05, 0) is 44.6 Å². The Kier molecular flexibility index (Phi) is 14.5. The van der Waals surface area contributed by atoms with E-state index in [-0.39, 0.29) is 11.8 Å². The van der Waals surface area contributed by atoms with E-state index in [0.29, 0.717) is 38.6 Å². The lowest BCUT2D eigenvalue weighted by molar-refractivity contribution is -0.145. The van der Waals surface area contributed by atoms with Gasteiger partial charge >= 0.3 is 5.97 Å². The van der Waals surface area contributed by atoms with E-state index < -0.39 is 54.0 Å². The Morgan fingerprint density at radius 1 is 0.818 bits per heavy atom. The zero-order valence-electron chi connectivity index (χ0n) is 20.5. The molecule has 0 aromatic carbocycles. The van der Waals surface area contributed by atoms with Gasteiger partial charge in [0.1, 0.15) is 12.1 Å². The molecule has 7 unspecified atom stereocenters. The number of nitrogens with one attached hydrogen (secondary N) is 3. The monoisotopic (exact) mass is 473 g/mol. The van der Waals surface area contributed by atoms with Crippen molar-refractivity contribution in [3.05, 3.63) is 0 Å². The maximum Gasteiger partial charge on any atom is 0.328 e. The van der Waals surface area contributed by atoms with Gasteiger partial charge in [-0.25, -0.2) is 4.79 Å². The third-order valence-electron chi connectivity index (χ3n) is 5.98. The van der Waals surface area contributed by atoms with Crippen LogP contribution < -0.4 is 27.4 Å². The van der Waals surface area contributed by atoms with Gasteiger partial charge in [0.25, 0.3) is 0 Å². The van der Waals surface area contributed by atoms with E-state index in [1.165, 1.54) is 6.92 Å². The number of rotatable bonds is 16. The number of hydrogen-bond acceptors (Lipinski definition) is 7. The second kappa shape index (κ2) is 15.6. The van der Waals surface area contributed by atoms with Crippen molar-refractivity contribution in [3.63, 3.8) is 0 Å². The average Bonchev–Trinajstić information content (AvgIpc) is 2.77. The van der Waals surface area contributed by atoms with Crippen molar-refractivity contribution in [2.45, 2.75) is 97.0 Å². The lowest BCUT2D eigenvalue weighted by atomic mass is 9.96. The molecule has 0 saturated carbocycles. The Balaban J connectivity index is 5.58. The molecule has 9 N–H and O–H groups in total. The molecule has 0 radical (unpaired) electrons. The van der Waals surface area contributed by atoms with Crippen LogP contribution in [-0.4, -0.2) is 70.7 Å². The van der Waals surface area contributed by atoms with E-state index in [4.69, 9.17) is 11.5 Å². The molecule has 0 aliphatic carbocycles. The fourth-order valence-electron chi connectivity index (χ4n) is 3.13. The molecule has 3 amide bonds. The Bertz CT molecular complexity index is 645. The Hall–Kier alpha value is -2.24. The van der Waals surface area contributed by atoms with Gasteiger partial charge in [-0.1, -0.05) is 40.5 Å². The summed E-state index contributed by atoms with van der Waals surface area (Å²) in [7, 11) is 0. The summed E-state index contributed by atoms with van der Waals surface area (Å²) in [5.74, 6) is -3.55. The minimum absolute atomic E-state index is 0.0789. The van der Waals surface area contributed by atoms with E-state index in [1.54, 1.807) is 6.92 Å². The SMILES string of the molecule is CCC(C)C(N)C(=O)NC(CCCCN)C(=O)NC(C(=O)NC(C(=O)O)C(C)O)C(C)CC.